The molecule has 0 aromatic carbocycles. The molecule has 0 unspecified atom stereocenters. The smallest absolute Gasteiger partial charge is 0.408 e. The van der Waals surface area contributed by atoms with Gasteiger partial charge in [0.05, 0.1) is 13.2 Å². The van der Waals surface area contributed by atoms with Crippen LogP contribution < -0.4 is 5.32 Å². The van der Waals surface area contributed by atoms with Crippen LogP contribution in [0.25, 0.3) is 0 Å². The summed E-state index contributed by atoms with van der Waals surface area (Å²) < 4.78 is 28.0. The summed E-state index contributed by atoms with van der Waals surface area (Å²) in [6.07, 6.45) is -1.46. The number of carbonyl (C=O) groups is 1. The van der Waals surface area contributed by atoms with Crippen molar-refractivity contribution in [2.45, 2.75) is 63.6 Å². The summed E-state index contributed by atoms with van der Waals surface area (Å²) in [4.78, 5) is 11.6. The molecule has 0 aromatic rings. The van der Waals surface area contributed by atoms with Gasteiger partial charge in [0.25, 0.3) is 0 Å². The number of ether oxygens (including phenoxy) is 5. The summed E-state index contributed by atoms with van der Waals surface area (Å²) in [5.41, 5.74) is 0. The molecule has 3 aliphatic heterocycles. The van der Waals surface area contributed by atoms with Gasteiger partial charge in [-0.05, 0) is 27.7 Å². The van der Waals surface area contributed by atoms with Gasteiger partial charge >= 0.3 is 6.09 Å². The molecule has 3 rings (SSSR count). The van der Waals surface area contributed by atoms with Crippen molar-refractivity contribution in [3.05, 3.63) is 0 Å². The van der Waals surface area contributed by atoms with Crippen LogP contribution in [-0.2, 0) is 23.7 Å². The van der Waals surface area contributed by atoms with E-state index >= 15 is 0 Å². The molecule has 3 aliphatic rings. The van der Waals surface area contributed by atoms with Crippen molar-refractivity contribution in [3.8, 4) is 0 Å². The van der Waals surface area contributed by atoms with Crippen LogP contribution >= 0.6 is 0 Å². The first-order valence-corrected chi connectivity index (χ1v) is 6.86. The van der Waals surface area contributed by atoms with Gasteiger partial charge in [-0.25, -0.2) is 4.79 Å². The highest BCUT2D eigenvalue weighted by Gasteiger charge is 2.52. The second kappa shape index (κ2) is 4.56. The topological polar surface area (TPSA) is 75.3 Å². The van der Waals surface area contributed by atoms with Crippen molar-refractivity contribution in [1.29, 1.82) is 0 Å². The molecule has 1 N–H and O–H groups in total. The van der Waals surface area contributed by atoms with E-state index in [1.807, 2.05) is 27.7 Å². The van der Waals surface area contributed by atoms with E-state index in [0.717, 1.165) is 0 Å². The Morgan fingerprint density at radius 3 is 2.05 bits per heavy atom. The standard InChI is InChI=1S/C13H21NO6/c1-12(2)16-5-7(19-12)9-10(18-11(15)14-9)8-6-17-13(3,4)20-8/h7-10H,5-6H2,1-4H3,(H,14,15)/t7-,8-,9+,10-/m1/s1. The molecule has 7 heteroatoms. The molecule has 4 atom stereocenters. The maximum absolute atomic E-state index is 11.6. The number of alkyl carbamates (subject to hydrolysis) is 1. The van der Waals surface area contributed by atoms with Crippen molar-refractivity contribution in [3.63, 3.8) is 0 Å². The number of nitrogens with one attached hydrogen (secondary N) is 1. The Kier molecular flexibility index (Phi) is 3.20. The Morgan fingerprint density at radius 2 is 1.55 bits per heavy atom. The number of carbonyl (C=O) groups excluding carboxylic acids is 1. The van der Waals surface area contributed by atoms with Gasteiger partial charge in [0.15, 0.2) is 17.7 Å². The zero-order chi connectivity index (χ0) is 14.5. The number of hydrogen-bond donors (Lipinski definition) is 1. The molecular formula is C13H21NO6. The van der Waals surface area contributed by atoms with Gasteiger partial charge in [-0.1, -0.05) is 0 Å². The number of amides is 1. The lowest BCUT2D eigenvalue weighted by molar-refractivity contribution is -0.159. The Labute approximate surface area is 117 Å². The molecule has 1 amide bonds. The number of rotatable bonds is 2. The SMILES string of the molecule is CC1(C)OC[C@H]([C@@H]2NC(=O)O[C@@H]2[C@H]2COC(C)(C)O2)O1. The highest BCUT2D eigenvalue weighted by molar-refractivity contribution is 5.70. The predicted octanol–water partition coefficient (Wildman–Crippen LogP) is 0.766. The van der Waals surface area contributed by atoms with Gasteiger partial charge < -0.3 is 29.0 Å². The molecule has 0 spiro atoms. The first kappa shape index (κ1) is 14.1. The highest BCUT2D eigenvalue weighted by Crippen LogP contribution is 2.33. The highest BCUT2D eigenvalue weighted by atomic mass is 16.8. The lowest BCUT2D eigenvalue weighted by Crippen LogP contribution is -2.49. The van der Waals surface area contributed by atoms with E-state index in [1.54, 1.807) is 0 Å². The molecule has 0 aromatic heterocycles. The fourth-order valence-electron chi connectivity index (χ4n) is 2.83. The van der Waals surface area contributed by atoms with E-state index in [0.29, 0.717) is 13.2 Å². The normalized spacial score (nSPS) is 42.5. The molecule has 3 heterocycles. The summed E-state index contributed by atoms with van der Waals surface area (Å²) in [5.74, 6) is -1.30. The van der Waals surface area contributed by atoms with Gasteiger partial charge in [-0.15, -0.1) is 0 Å². The lowest BCUT2D eigenvalue weighted by Gasteiger charge is -2.26. The molecule has 0 bridgehead atoms. The minimum Gasteiger partial charge on any atom is -0.441 e. The number of hydrogen-bond acceptors (Lipinski definition) is 6. The summed E-state index contributed by atoms with van der Waals surface area (Å²) >= 11 is 0. The fourth-order valence-corrected chi connectivity index (χ4v) is 2.83. The maximum atomic E-state index is 11.6. The van der Waals surface area contributed by atoms with Gasteiger partial charge in [0.1, 0.15) is 18.2 Å². The van der Waals surface area contributed by atoms with E-state index in [-0.39, 0.29) is 18.2 Å². The fraction of sp³-hybridized carbons (Fsp3) is 0.923. The van der Waals surface area contributed by atoms with E-state index in [2.05, 4.69) is 5.32 Å². The summed E-state index contributed by atoms with van der Waals surface area (Å²) in [6.45, 7) is 8.17. The monoisotopic (exact) mass is 287 g/mol. The third-order valence-corrected chi connectivity index (χ3v) is 3.71. The first-order valence-electron chi connectivity index (χ1n) is 6.86. The molecule has 0 saturated carbocycles. The van der Waals surface area contributed by atoms with Crippen molar-refractivity contribution >= 4 is 6.09 Å². The van der Waals surface area contributed by atoms with Crippen LogP contribution in [0.1, 0.15) is 27.7 Å². The van der Waals surface area contributed by atoms with Gasteiger partial charge in [0.2, 0.25) is 0 Å². The molecule has 0 aliphatic carbocycles. The molecule has 114 valence electrons. The van der Waals surface area contributed by atoms with Crippen molar-refractivity contribution in [1.82, 2.24) is 5.32 Å². The van der Waals surface area contributed by atoms with E-state index in [1.165, 1.54) is 0 Å². The van der Waals surface area contributed by atoms with Crippen LogP contribution in [-0.4, -0.2) is 55.2 Å². The Morgan fingerprint density at radius 1 is 1.00 bits per heavy atom. The molecule has 20 heavy (non-hydrogen) atoms. The summed E-state index contributed by atoms with van der Waals surface area (Å²) in [6, 6.07) is -0.299. The maximum Gasteiger partial charge on any atom is 0.408 e. The third kappa shape index (κ3) is 2.63. The summed E-state index contributed by atoms with van der Waals surface area (Å²) in [7, 11) is 0. The second-order valence-corrected chi connectivity index (χ2v) is 6.27. The van der Waals surface area contributed by atoms with Crippen LogP contribution in [0.2, 0.25) is 0 Å². The minimum atomic E-state index is -0.656. The zero-order valence-electron chi connectivity index (χ0n) is 12.2. The summed E-state index contributed by atoms with van der Waals surface area (Å²) in [5, 5.41) is 2.79. The Bertz CT molecular complexity index is 374. The van der Waals surface area contributed by atoms with Crippen molar-refractivity contribution < 1.29 is 28.5 Å². The van der Waals surface area contributed by atoms with Gasteiger partial charge in [-0.2, -0.15) is 0 Å². The molecule has 7 nitrogen and oxygen atoms in total. The lowest BCUT2D eigenvalue weighted by atomic mass is 10.0. The average Bonchev–Trinajstić information content (AvgIpc) is 2.96. The molecule has 0 radical (unpaired) electrons. The number of cyclic esters (lactones) is 1. The van der Waals surface area contributed by atoms with E-state index < -0.39 is 23.8 Å². The third-order valence-electron chi connectivity index (χ3n) is 3.71. The Hall–Kier alpha value is -0.890. The van der Waals surface area contributed by atoms with E-state index in [9.17, 15) is 4.79 Å². The largest absolute Gasteiger partial charge is 0.441 e. The second-order valence-electron chi connectivity index (χ2n) is 6.27. The van der Waals surface area contributed by atoms with Gasteiger partial charge in [0, 0.05) is 0 Å². The molecular weight excluding hydrogens is 266 g/mol. The van der Waals surface area contributed by atoms with Crippen LogP contribution in [0, 0.1) is 0 Å². The predicted molar refractivity (Wildman–Crippen MR) is 67.0 cm³/mol. The van der Waals surface area contributed by atoms with Crippen LogP contribution in [0.4, 0.5) is 4.79 Å². The first-order chi connectivity index (χ1) is 9.26. The van der Waals surface area contributed by atoms with Crippen molar-refractivity contribution in [2.24, 2.45) is 0 Å². The zero-order valence-corrected chi connectivity index (χ0v) is 12.2. The quantitative estimate of drug-likeness (QED) is 0.808. The van der Waals surface area contributed by atoms with Crippen LogP contribution in [0.5, 0.6) is 0 Å². The minimum absolute atomic E-state index is 0.256. The van der Waals surface area contributed by atoms with Crippen LogP contribution in [0.3, 0.4) is 0 Å². The molecule has 3 saturated heterocycles. The van der Waals surface area contributed by atoms with Crippen LogP contribution in [0.15, 0.2) is 0 Å². The molecule has 3 fully saturated rings. The van der Waals surface area contributed by atoms with E-state index in [4.69, 9.17) is 23.7 Å². The Balaban J connectivity index is 1.71. The average molecular weight is 287 g/mol. The van der Waals surface area contributed by atoms with Crippen molar-refractivity contribution in [2.75, 3.05) is 13.2 Å². The van der Waals surface area contributed by atoms with Gasteiger partial charge in [-0.3, -0.25) is 0 Å².